The van der Waals surface area contributed by atoms with Crippen LogP contribution in [0.2, 0.25) is 0 Å². The average Bonchev–Trinajstić information content (AvgIpc) is 3.39. The zero-order valence-corrected chi connectivity index (χ0v) is 25.4. The lowest BCUT2D eigenvalue weighted by Gasteiger charge is -2.11. The highest BCUT2D eigenvalue weighted by Crippen LogP contribution is 2.35. The van der Waals surface area contributed by atoms with Crippen molar-refractivity contribution in [3.05, 3.63) is 116 Å². The number of hydrogen-bond acceptors (Lipinski definition) is 5. The smallest absolute Gasteiger partial charge is 0.343 e. The predicted octanol–water partition coefficient (Wildman–Crippen LogP) is 7.91. The Bertz CT molecular complexity index is 1760. The molecule has 9 heteroatoms. The van der Waals surface area contributed by atoms with Gasteiger partial charge >= 0.3 is 5.97 Å². The number of rotatable bonds is 8. The Morgan fingerprint density at radius 1 is 0.976 bits per heavy atom. The van der Waals surface area contributed by atoms with E-state index >= 15 is 0 Å². The van der Waals surface area contributed by atoms with Gasteiger partial charge in [-0.3, -0.25) is 4.79 Å². The van der Waals surface area contributed by atoms with E-state index in [2.05, 4.69) is 54.3 Å². The lowest BCUT2D eigenvalue weighted by Crippen LogP contribution is -2.19. The van der Waals surface area contributed by atoms with Gasteiger partial charge in [-0.2, -0.15) is 5.10 Å². The summed E-state index contributed by atoms with van der Waals surface area (Å²) in [4.78, 5) is 29.7. The second-order valence-corrected chi connectivity index (χ2v) is 10.8. The van der Waals surface area contributed by atoms with Crippen LogP contribution in [-0.4, -0.2) is 30.2 Å². The number of para-hydroxylation sites is 1. The molecule has 2 N–H and O–H groups in total. The SMILES string of the molecule is CCc1cccc2c(-c3ccccc3)c(C(=O)NN=Cc3cc(Br)cc(Br)c3OC(=O)c3ccc(OC)cc3)[nH]c12. The van der Waals surface area contributed by atoms with E-state index in [1.807, 2.05) is 48.5 Å². The van der Waals surface area contributed by atoms with Gasteiger partial charge in [0.25, 0.3) is 5.91 Å². The Morgan fingerprint density at radius 2 is 1.73 bits per heavy atom. The highest BCUT2D eigenvalue weighted by atomic mass is 79.9. The molecule has 5 rings (SSSR count). The number of aromatic amines is 1. The summed E-state index contributed by atoms with van der Waals surface area (Å²) in [5.74, 6) is -0.0581. The largest absolute Gasteiger partial charge is 0.497 e. The standard InChI is InChI=1S/C32H25Br2N3O4/c1-3-19-10-7-11-25-27(20-8-5-4-6-9-20)29(36-28(19)25)31(38)37-35-18-22-16-23(33)17-26(34)30(22)41-32(39)21-12-14-24(40-2)15-13-21/h4-18,36H,3H2,1-2H3,(H,37,38). The number of aromatic nitrogens is 1. The van der Waals surface area contributed by atoms with Crippen LogP contribution in [0, 0.1) is 0 Å². The Kier molecular flexibility index (Phi) is 8.66. The van der Waals surface area contributed by atoms with Crippen LogP contribution in [0.25, 0.3) is 22.0 Å². The Balaban J connectivity index is 1.44. The molecule has 0 atom stereocenters. The van der Waals surface area contributed by atoms with Gasteiger partial charge in [-0.25, -0.2) is 10.2 Å². The van der Waals surface area contributed by atoms with E-state index in [4.69, 9.17) is 9.47 Å². The van der Waals surface area contributed by atoms with Crippen LogP contribution < -0.4 is 14.9 Å². The maximum absolute atomic E-state index is 13.5. The van der Waals surface area contributed by atoms with Crippen molar-refractivity contribution in [3.63, 3.8) is 0 Å². The van der Waals surface area contributed by atoms with E-state index in [0.717, 1.165) is 38.5 Å². The monoisotopic (exact) mass is 673 g/mol. The minimum atomic E-state index is -0.549. The number of carbonyl (C=O) groups excluding carboxylic acids is 2. The van der Waals surface area contributed by atoms with Gasteiger partial charge in [-0.05, 0) is 69.9 Å². The van der Waals surface area contributed by atoms with Gasteiger partial charge in [0, 0.05) is 26.5 Å². The van der Waals surface area contributed by atoms with Crippen LogP contribution in [0.15, 0.2) is 99.0 Å². The van der Waals surface area contributed by atoms with Crippen molar-refractivity contribution in [2.45, 2.75) is 13.3 Å². The molecule has 0 saturated heterocycles. The number of methoxy groups -OCH3 is 1. The molecule has 0 aliphatic rings. The molecule has 4 aromatic carbocycles. The zero-order chi connectivity index (χ0) is 28.9. The fourth-order valence-electron chi connectivity index (χ4n) is 4.53. The minimum absolute atomic E-state index is 0.259. The zero-order valence-electron chi connectivity index (χ0n) is 22.2. The molecule has 206 valence electrons. The van der Waals surface area contributed by atoms with Gasteiger partial charge in [0.05, 0.1) is 23.4 Å². The summed E-state index contributed by atoms with van der Waals surface area (Å²) in [5, 5.41) is 5.18. The second kappa shape index (κ2) is 12.5. The third kappa shape index (κ3) is 6.11. The number of halogens is 2. The van der Waals surface area contributed by atoms with Gasteiger partial charge in [-0.1, -0.05) is 71.4 Å². The lowest BCUT2D eigenvalue weighted by atomic mass is 10.00. The van der Waals surface area contributed by atoms with Crippen LogP contribution in [0.3, 0.4) is 0 Å². The molecular weight excluding hydrogens is 650 g/mol. The molecule has 41 heavy (non-hydrogen) atoms. The molecule has 7 nitrogen and oxygen atoms in total. The predicted molar refractivity (Wildman–Crippen MR) is 168 cm³/mol. The fourth-order valence-corrected chi connectivity index (χ4v) is 5.87. The van der Waals surface area contributed by atoms with Crippen LogP contribution in [0.1, 0.15) is 38.9 Å². The highest BCUT2D eigenvalue weighted by Gasteiger charge is 2.21. The van der Waals surface area contributed by atoms with E-state index < -0.39 is 11.9 Å². The van der Waals surface area contributed by atoms with E-state index in [9.17, 15) is 9.59 Å². The number of carbonyl (C=O) groups is 2. The molecule has 5 aromatic rings. The number of ether oxygens (including phenoxy) is 2. The topological polar surface area (TPSA) is 92.8 Å². The number of benzene rings is 4. The molecule has 0 spiro atoms. The van der Waals surface area contributed by atoms with Crippen molar-refractivity contribution >= 4 is 60.9 Å². The number of nitrogens with one attached hydrogen (secondary N) is 2. The molecule has 0 aliphatic carbocycles. The van der Waals surface area contributed by atoms with E-state index in [1.165, 1.54) is 6.21 Å². The number of fused-ring (bicyclic) bond motifs is 1. The fraction of sp³-hybridized carbons (Fsp3) is 0.0938. The molecule has 0 bridgehead atoms. The molecule has 0 saturated carbocycles. The van der Waals surface area contributed by atoms with Crippen molar-refractivity contribution in [3.8, 4) is 22.6 Å². The number of hydrogen-bond donors (Lipinski definition) is 2. The average molecular weight is 675 g/mol. The molecule has 0 unspecified atom stereocenters. The van der Waals surface area contributed by atoms with Crippen molar-refractivity contribution in [1.82, 2.24) is 10.4 Å². The Hall–Kier alpha value is -4.21. The quantitative estimate of drug-likeness (QED) is 0.0757. The van der Waals surface area contributed by atoms with Crippen LogP contribution in [0.5, 0.6) is 11.5 Å². The summed E-state index contributed by atoms with van der Waals surface area (Å²) in [5.41, 5.74) is 7.64. The highest BCUT2D eigenvalue weighted by molar-refractivity contribution is 9.11. The molecule has 0 radical (unpaired) electrons. The number of nitrogens with zero attached hydrogens (tertiary/aromatic N) is 1. The normalized spacial score (nSPS) is 11.1. The van der Waals surface area contributed by atoms with Crippen LogP contribution in [-0.2, 0) is 6.42 Å². The van der Waals surface area contributed by atoms with Gasteiger partial charge in [0.1, 0.15) is 11.4 Å². The first-order chi connectivity index (χ1) is 19.9. The maximum atomic E-state index is 13.5. The third-order valence-electron chi connectivity index (χ3n) is 6.52. The summed E-state index contributed by atoms with van der Waals surface area (Å²) >= 11 is 6.93. The Morgan fingerprint density at radius 3 is 2.44 bits per heavy atom. The van der Waals surface area contributed by atoms with Gasteiger partial charge in [0.2, 0.25) is 0 Å². The van der Waals surface area contributed by atoms with Gasteiger partial charge in [0.15, 0.2) is 5.75 Å². The van der Waals surface area contributed by atoms with Gasteiger partial charge < -0.3 is 14.5 Å². The molecule has 0 aliphatic heterocycles. The Labute approximate surface area is 253 Å². The molecular formula is C32H25Br2N3O4. The van der Waals surface area contributed by atoms with Crippen LogP contribution >= 0.6 is 31.9 Å². The number of aryl methyl sites for hydroxylation is 1. The van der Waals surface area contributed by atoms with E-state index in [1.54, 1.807) is 43.5 Å². The number of amides is 1. The summed E-state index contributed by atoms with van der Waals surface area (Å²) < 4.78 is 12.1. The number of esters is 1. The lowest BCUT2D eigenvalue weighted by molar-refractivity contribution is 0.0732. The first kappa shape index (κ1) is 28.3. The molecule has 1 heterocycles. The van der Waals surface area contributed by atoms with Crippen molar-refractivity contribution in [2.75, 3.05) is 7.11 Å². The van der Waals surface area contributed by atoms with Gasteiger partial charge in [-0.15, -0.1) is 0 Å². The maximum Gasteiger partial charge on any atom is 0.343 e. The molecule has 1 aromatic heterocycles. The minimum Gasteiger partial charge on any atom is -0.497 e. The number of hydrazone groups is 1. The second-order valence-electron chi connectivity index (χ2n) is 9.06. The van der Waals surface area contributed by atoms with Crippen molar-refractivity contribution in [1.29, 1.82) is 0 Å². The first-order valence-electron chi connectivity index (χ1n) is 12.8. The number of H-pyrrole nitrogens is 1. The summed E-state index contributed by atoms with van der Waals surface area (Å²) in [6.45, 7) is 2.08. The third-order valence-corrected chi connectivity index (χ3v) is 7.56. The first-order valence-corrected chi connectivity index (χ1v) is 14.4. The summed E-state index contributed by atoms with van der Waals surface area (Å²) in [7, 11) is 1.56. The van der Waals surface area contributed by atoms with Crippen LogP contribution in [0.4, 0.5) is 0 Å². The molecule has 1 amide bonds. The molecule has 0 fully saturated rings. The van der Waals surface area contributed by atoms with E-state index in [-0.39, 0.29) is 5.75 Å². The van der Waals surface area contributed by atoms with E-state index in [0.29, 0.717) is 27.0 Å². The van der Waals surface area contributed by atoms with Crippen molar-refractivity contribution in [2.24, 2.45) is 5.10 Å². The summed E-state index contributed by atoms with van der Waals surface area (Å²) in [6, 6.07) is 25.9. The van der Waals surface area contributed by atoms with Crippen molar-refractivity contribution < 1.29 is 19.1 Å². The summed E-state index contributed by atoms with van der Waals surface area (Å²) in [6.07, 6.45) is 2.26.